The molecule has 3 rings (SSSR count). The standard InChI is InChI=1S/C19H20N2O4/c1-12-3-8-16-15(11-12)21-18(24)19(2,25-16)17(23)20-10-9-13-4-6-14(22)7-5-13/h3-8,11,22H,9-10H2,1-2H3,(H,20,23)(H,21,24). The molecule has 2 amide bonds. The van der Waals surface area contributed by atoms with Crippen LogP contribution in [0, 0.1) is 6.92 Å². The molecular weight excluding hydrogens is 320 g/mol. The molecule has 0 spiro atoms. The van der Waals surface area contributed by atoms with Crippen molar-refractivity contribution in [2.45, 2.75) is 25.9 Å². The first-order valence-electron chi connectivity index (χ1n) is 8.06. The van der Waals surface area contributed by atoms with Crippen LogP contribution in [-0.2, 0) is 16.0 Å². The Morgan fingerprint density at radius 1 is 1.24 bits per heavy atom. The Hall–Kier alpha value is -3.02. The fraction of sp³-hybridized carbons (Fsp3) is 0.263. The van der Waals surface area contributed by atoms with Crippen molar-refractivity contribution in [2.75, 3.05) is 11.9 Å². The number of ether oxygens (including phenoxy) is 1. The molecule has 2 aromatic rings. The molecule has 0 aromatic heterocycles. The van der Waals surface area contributed by atoms with E-state index in [1.165, 1.54) is 6.92 Å². The fourth-order valence-corrected chi connectivity index (χ4v) is 2.64. The van der Waals surface area contributed by atoms with Crippen LogP contribution in [0.5, 0.6) is 11.5 Å². The van der Waals surface area contributed by atoms with E-state index in [9.17, 15) is 14.7 Å². The third kappa shape index (κ3) is 3.42. The van der Waals surface area contributed by atoms with Gasteiger partial charge in [0.15, 0.2) is 0 Å². The number of nitrogens with one attached hydrogen (secondary N) is 2. The summed E-state index contributed by atoms with van der Waals surface area (Å²) in [5.41, 5.74) is 0.916. The topological polar surface area (TPSA) is 87.7 Å². The van der Waals surface area contributed by atoms with E-state index in [1.807, 2.05) is 13.0 Å². The van der Waals surface area contributed by atoms with Crippen molar-refractivity contribution >= 4 is 17.5 Å². The second-order valence-electron chi connectivity index (χ2n) is 6.26. The third-order valence-electron chi connectivity index (χ3n) is 4.20. The van der Waals surface area contributed by atoms with Gasteiger partial charge in [0.2, 0.25) is 0 Å². The first kappa shape index (κ1) is 16.8. The van der Waals surface area contributed by atoms with Gasteiger partial charge in [-0.3, -0.25) is 9.59 Å². The van der Waals surface area contributed by atoms with E-state index in [0.717, 1.165) is 11.1 Å². The summed E-state index contributed by atoms with van der Waals surface area (Å²) < 4.78 is 5.71. The molecule has 0 saturated carbocycles. The average Bonchev–Trinajstić information content (AvgIpc) is 2.58. The molecule has 0 fully saturated rings. The molecule has 0 saturated heterocycles. The number of aromatic hydroxyl groups is 1. The number of hydrogen-bond donors (Lipinski definition) is 3. The van der Waals surface area contributed by atoms with Crippen LogP contribution >= 0.6 is 0 Å². The number of phenols is 1. The van der Waals surface area contributed by atoms with Gasteiger partial charge in [0.1, 0.15) is 11.5 Å². The van der Waals surface area contributed by atoms with Crippen molar-refractivity contribution in [2.24, 2.45) is 0 Å². The van der Waals surface area contributed by atoms with Gasteiger partial charge in [0.25, 0.3) is 17.4 Å². The number of carbonyl (C=O) groups is 2. The van der Waals surface area contributed by atoms with Gasteiger partial charge in [-0.1, -0.05) is 18.2 Å². The molecule has 1 aliphatic rings. The van der Waals surface area contributed by atoms with Gasteiger partial charge in [-0.2, -0.15) is 0 Å². The number of phenolic OH excluding ortho intramolecular Hbond substituents is 1. The zero-order chi connectivity index (χ0) is 18.0. The molecule has 130 valence electrons. The summed E-state index contributed by atoms with van der Waals surface area (Å²) in [4.78, 5) is 24.9. The molecule has 1 atom stereocenters. The van der Waals surface area contributed by atoms with E-state index in [0.29, 0.717) is 24.4 Å². The van der Waals surface area contributed by atoms with Gasteiger partial charge >= 0.3 is 0 Å². The van der Waals surface area contributed by atoms with Gasteiger partial charge < -0.3 is 20.5 Å². The number of anilines is 1. The van der Waals surface area contributed by atoms with Gasteiger partial charge in [0, 0.05) is 6.54 Å². The van der Waals surface area contributed by atoms with Crippen LogP contribution in [0.4, 0.5) is 5.69 Å². The molecule has 1 aliphatic heterocycles. The second kappa shape index (κ2) is 6.47. The summed E-state index contributed by atoms with van der Waals surface area (Å²) in [5, 5.41) is 14.7. The van der Waals surface area contributed by atoms with E-state index in [-0.39, 0.29) is 5.75 Å². The van der Waals surface area contributed by atoms with Crippen LogP contribution < -0.4 is 15.4 Å². The summed E-state index contributed by atoms with van der Waals surface area (Å²) >= 11 is 0. The second-order valence-corrected chi connectivity index (χ2v) is 6.26. The van der Waals surface area contributed by atoms with Crippen LogP contribution in [-0.4, -0.2) is 29.1 Å². The van der Waals surface area contributed by atoms with Crippen molar-refractivity contribution in [1.29, 1.82) is 0 Å². The highest BCUT2D eigenvalue weighted by molar-refractivity contribution is 6.15. The maximum absolute atomic E-state index is 12.5. The summed E-state index contributed by atoms with van der Waals surface area (Å²) in [5.74, 6) is -0.314. The third-order valence-corrected chi connectivity index (χ3v) is 4.20. The van der Waals surface area contributed by atoms with Crippen molar-refractivity contribution < 1.29 is 19.4 Å². The molecule has 6 heteroatoms. The van der Waals surface area contributed by atoms with Crippen LogP contribution in [0.25, 0.3) is 0 Å². The van der Waals surface area contributed by atoms with E-state index in [2.05, 4.69) is 10.6 Å². The predicted molar refractivity (Wildman–Crippen MR) is 93.7 cm³/mol. The van der Waals surface area contributed by atoms with Gasteiger partial charge in [0.05, 0.1) is 5.69 Å². The Bertz CT molecular complexity index is 817. The number of carbonyl (C=O) groups excluding carboxylic acids is 2. The minimum atomic E-state index is -1.61. The van der Waals surface area contributed by atoms with Crippen molar-refractivity contribution in [3.63, 3.8) is 0 Å². The zero-order valence-corrected chi connectivity index (χ0v) is 14.1. The molecular formula is C19H20N2O4. The molecule has 6 nitrogen and oxygen atoms in total. The van der Waals surface area contributed by atoms with Gasteiger partial charge in [-0.05, 0) is 55.7 Å². The summed E-state index contributed by atoms with van der Waals surface area (Å²) in [7, 11) is 0. The highest BCUT2D eigenvalue weighted by Crippen LogP contribution is 2.34. The quantitative estimate of drug-likeness (QED) is 0.744. The first-order chi connectivity index (χ1) is 11.9. The smallest absolute Gasteiger partial charge is 0.278 e. The Morgan fingerprint density at radius 2 is 1.96 bits per heavy atom. The zero-order valence-electron chi connectivity index (χ0n) is 14.1. The lowest BCUT2D eigenvalue weighted by Crippen LogP contribution is -2.58. The average molecular weight is 340 g/mol. The number of benzene rings is 2. The first-order valence-corrected chi connectivity index (χ1v) is 8.06. The van der Waals surface area contributed by atoms with E-state index >= 15 is 0 Å². The maximum atomic E-state index is 12.5. The molecule has 0 radical (unpaired) electrons. The van der Waals surface area contributed by atoms with E-state index < -0.39 is 17.4 Å². The molecule has 0 aliphatic carbocycles. The van der Waals surface area contributed by atoms with Gasteiger partial charge in [-0.25, -0.2) is 0 Å². The summed E-state index contributed by atoms with van der Waals surface area (Å²) in [6.45, 7) is 3.73. The lowest BCUT2D eigenvalue weighted by molar-refractivity contribution is -0.146. The maximum Gasteiger partial charge on any atom is 0.278 e. The normalized spacial score (nSPS) is 18.7. The molecule has 3 N–H and O–H groups in total. The lowest BCUT2D eigenvalue weighted by Gasteiger charge is -2.33. The molecule has 1 heterocycles. The van der Waals surface area contributed by atoms with Crippen LogP contribution in [0.3, 0.4) is 0 Å². The van der Waals surface area contributed by atoms with Crippen LogP contribution in [0.2, 0.25) is 0 Å². The number of aryl methyl sites for hydroxylation is 1. The van der Waals surface area contributed by atoms with Crippen LogP contribution in [0.15, 0.2) is 42.5 Å². The Morgan fingerprint density at radius 3 is 2.68 bits per heavy atom. The van der Waals surface area contributed by atoms with Gasteiger partial charge in [-0.15, -0.1) is 0 Å². The predicted octanol–water partition coefficient (Wildman–Crippen LogP) is 2.15. The lowest BCUT2D eigenvalue weighted by atomic mass is 10.0. The van der Waals surface area contributed by atoms with Crippen molar-refractivity contribution in [3.05, 3.63) is 53.6 Å². The summed E-state index contributed by atoms with van der Waals surface area (Å²) in [6, 6.07) is 12.2. The Kier molecular flexibility index (Phi) is 4.35. The number of hydrogen-bond acceptors (Lipinski definition) is 4. The summed E-state index contributed by atoms with van der Waals surface area (Å²) in [6.07, 6.45) is 0.583. The minimum absolute atomic E-state index is 0.196. The van der Waals surface area contributed by atoms with Crippen molar-refractivity contribution in [1.82, 2.24) is 5.32 Å². The SMILES string of the molecule is Cc1ccc2c(c1)NC(=O)C(C)(C(=O)NCCc1ccc(O)cc1)O2. The highest BCUT2D eigenvalue weighted by atomic mass is 16.5. The number of amides is 2. The molecule has 25 heavy (non-hydrogen) atoms. The number of fused-ring (bicyclic) bond motifs is 1. The Labute approximate surface area is 145 Å². The largest absolute Gasteiger partial charge is 0.508 e. The van der Waals surface area contributed by atoms with Crippen LogP contribution in [0.1, 0.15) is 18.1 Å². The van der Waals surface area contributed by atoms with E-state index in [1.54, 1.807) is 36.4 Å². The Balaban J connectivity index is 1.65. The monoisotopic (exact) mass is 340 g/mol. The molecule has 2 aromatic carbocycles. The highest BCUT2D eigenvalue weighted by Gasteiger charge is 2.47. The molecule has 1 unspecified atom stereocenters. The fourth-order valence-electron chi connectivity index (χ4n) is 2.64. The number of rotatable bonds is 4. The molecule has 0 bridgehead atoms. The van der Waals surface area contributed by atoms with E-state index in [4.69, 9.17) is 4.74 Å². The van der Waals surface area contributed by atoms with Crippen molar-refractivity contribution in [3.8, 4) is 11.5 Å². The minimum Gasteiger partial charge on any atom is -0.508 e.